The number of carbonyl (C=O) groups excluding carboxylic acids is 1. The Morgan fingerprint density at radius 2 is 1.93 bits per heavy atom. The van der Waals surface area contributed by atoms with Gasteiger partial charge in [0.25, 0.3) is 0 Å². The number of nitrogens with zero attached hydrogens (tertiary/aromatic N) is 3. The minimum absolute atomic E-state index is 0.161. The molecular formula is C22H20ClN3O3. The number of para-hydroxylation sites is 1. The second-order valence-electron chi connectivity index (χ2n) is 6.76. The van der Waals surface area contributed by atoms with Crippen LogP contribution in [0.3, 0.4) is 0 Å². The number of rotatable bonds is 4. The first-order valence-electron chi connectivity index (χ1n) is 9.16. The average molecular weight is 410 g/mol. The van der Waals surface area contributed by atoms with Crippen LogP contribution >= 0.6 is 11.6 Å². The van der Waals surface area contributed by atoms with Crippen LogP contribution in [0.15, 0.2) is 53.6 Å². The lowest BCUT2D eigenvalue weighted by molar-refractivity contribution is -0.130. The molecular weight excluding hydrogens is 390 g/mol. The number of ether oxygens (including phenoxy) is 2. The van der Waals surface area contributed by atoms with E-state index >= 15 is 0 Å². The Kier molecular flexibility index (Phi) is 5.11. The third kappa shape index (κ3) is 3.51. The van der Waals surface area contributed by atoms with Crippen LogP contribution in [-0.4, -0.2) is 35.8 Å². The van der Waals surface area contributed by atoms with Crippen LogP contribution in [0.5, 0.6) is 11.5 Å². The topological polar surface area (TPSA) is 64.0 Å². The fraction of sp³-hybridized carbons (Fsp3) is 0.227. The second-order valence-corrected chi connectivity index (χ2v) is 7.12. The van der Waals surface area contributed by atoms with Gasteiger partial charge in [0.2, 0.25) is 5.91 Å². The van der Waals surface area contributed by atoms with Crippen molar-refractivity contribution < 1.29 is 14.3 Å². The fourth-order valence-corrected chi connectivity index (χ4v) is 3.86. The van der Waals surface area contributed by atoms with Gasteiger partial charge in [0.1, 0.15) is 16.7 Å². The van der Waals surface area contributed by atoms with Gasteiger partial charge >= 0.3 is 0 Å². The van der Waals surface area contributed by atoms with E-state index in [0.29, 0.717) is 23.1 Å². The Hall–Kier alpha value is -3.12. The third-order valence-corrected chi connectivity index (χ3v) is 5.32. The third-order valence-electron chi connectivity index (χ3n) is 5.02. The van der Waals surface area contributed by atoms with Gasteiger partial charge in [-0.25, -0.2) is 9.99 Å². The van der Waals surface area contributed by atoms with Gasteiger partial charge in [-0.3, -0.25) is 4.79 Å². The van der Waals surface area contributed by atoms with E-state index in [4.69, 9.17) is 21.1 Å². The quantitative estimate of drug-likeness (QED) is 0.590. The Labute approximate surface area is 173 Å². The van der Waals surface area contributed by atoms with Crippen LogP contribution < -0.4 is 9.47 Å². The zero-order chi connectivity index (χ0) is 20.5. The molecule has 3 aromatic rings. The normalized spacial score (nSPS) is 16.1. The van der Waals surface area contributed by atoms with E-state index in [1.165, 1.54) is 11.9 Å². The van der Waals surface area contributed by atoms with Crippen molar-refractivity contribution in [2.24, 2.45) is 5.10 Å². The number of carbonyl (C=O) groups is 1. The van der Waals surface area contributed by atoms with E-state index in [9.17, 15) is 4.79 Å². The number of hydrogen-bond donors (Lipinski definition) is 0. The van der Waals surface area contributed by atoms with Crippen molar-refractivity contribution in [2.75, 3.05) is 14.2 Å². The standard InChI is InChI=1S/C22H20ClN3O3/c1-13(27)26-20(12-19(25-26)16-6-4-5-7-21(16)29-3)17-10-14-8-9-15(28-2)11-18(14)24-22(17)23/h4-11,20H,12H2,1-3H3. The summed E-state index contributed by atoms with van der Waals surface area (Å²) in [5.41, 5.74) is 3.12. The molecule has 4 rings (SSSR count). The predicted octanol–water partition coefficient (Wildman–Crippen LogP) is 4.60. The molecule has 0 spiro atoms. The Bertz CT molecular complexity index is 1130. The molecule has 0 saturated heterocycles. The molecule has 2 heterocycles. The van der Waals surface area contributed by atoms with Crippen LogP contribution in [-0.2, 0) is 4.79 Å². The lowest BCUT2D eigenvalue weighted by atomic mass is 9.98. The highest BCUT2D eigenvalue weighted by Gasteiger charge is 2.34. The van der Waals surface area contributed by atoms with Gasteiger partial charge in [-0.15, -0.1) is 0 Å². The summed E-state index contributed by atoms with van der Waals surface area (Å²) < 4.78 is 10.7. The van der Waals surface area contributed by atoms with Crippen molar-refractivity contribution in [3.63, 3.8) is 0 Å². The number of hydrogen-bond acceptors (Lipinski definition) is 5. The highest BCUT2D eigenvalue weighted by Crippen LogP contribution is 2.38. The summed E-state index contributed by atoms with van der Waals surface area (Å²) in [6.07, 6.45) is 0.517. The van der Waals surface area contributed by atoms with Gasteiger partial charge in [0.05, 0.1) is 31.5 Å². The van der Waals surface area contributed by atoms with Crippen molar-refractivity contribution in [3.8, 4) is 11.5 Å². The molecule has 1 aliphatic rings. The summed E-state index contributed by atoms with van der Waals surface area (Å²) in [5.74, 6) is 1.26. The van der Waals surface area contributed by atoms with E-state index in [2.05, 4.69) is 10.1 Å². The smallest absolute Gasteiger partial charge is 0.240 e. The van der Waals surface area contributed by atoms with Gasteiger partial charge in [-0.05, 0) is 30.3 Å². The largest absolute Gasteiger partial charge is 0.497 e. The number of aromatic nitrogens is 1. The number of amides is 1. The molecule has 0 fully saturated rings. The predicted molar refractivity (Wildman–Crippen MR) is 113 cm³/mol. The van der Waals surface area contributed by atoms with Crippen LogP contribution in [0.2, 0.25) is 5.15 Å². The van der Waals surface area contributed by atoms with Crippen LogP contribution in [0, 0.1) is 0 Å². The maximum Gasteiger partial charge on any atom is 0.240 e. The van der Waals surface area contributed by atoms with Crippen molar-refractivity contribution in [1.29, 1.82) is 0 Å². The summed E-state index contributed by atoms with van der Waals surface area (Å²) in [4.78, 5) is 16.9. The molecule has 6 nitrogen and oxygen atoms in total. The molecule has 0 aliphatic carbocycles. The Balaban J connectivity index is 1.76. The van der Waals surface area contributed by atoms with E-state index in [0.717, 1.165) is 27.7 Å². The summed E-state index contributed by atoms with van der Waals surface area (Å²) in [6.45, 7) is 1.49. The Morgan fingerprint density at radius 1 is 1.14 bits per heavy atom. The van der Waals surface area contributed by atoms with Gasteiger partial charge in [0, 0.05) is 35.9 Å². The number of methoxy groups -OCH3 is 2. The molecule has 0 radical (unpaired) electrons. The molecule has 1 unspecified atom stereocenters. The van der Waals surface area contributed by atoms with Crippen molar-refractivity contribution in [2.45, 2.75) is 19.4 Å². The number of hydrazone groups is 1. The van der Waals surface area contributed by atoms with Gasteiger partial charge < -0.3 is 9.47 Å². The molecule has 1 aromatic heterocycles. The van der Waals surface area contributed by atoms with Crippen LogP contribution in [0.25, 0.3) is 10.9 Å². The van der Waals surface area contributed by atoms with E-state index < -0.39 is 0 Å². The number of pyridine rings is 1. The summed E-state index contributed by atoms with van der Waals surface area (Å²) >= 11 is 6.54. The number of fused-ring (bicyclic) bond motifs is 1. The first kappa shape index (κ1) is 19.2. The summed E-state index contributed by atoms with van der Waals surface area (Å²) in [6, 6.07) is 14.9. The lowest BCUT2D eigenvalue weighted by Gasteiger charge is -2.21. The molecule has 7 heteroatoms. The van der Waals surface area contributed by atoms with Crippen molar-refractivity contribution in [3.05, 3.63) is 64.8 Å². The zero-order valence-corrected chi connectivity index (χ0v) is 17.1. The first-order valence-corrected chi connectivity index (χ1v) is 9.54. The van der Waals surface area contributed by atoms with Crippen LogP contribution in [0.1, 0.15) is 30.5 Å². The summed E-state index contributed by atoms with van der Waals surface area (Å²) in [5, 5.41) is 7.32. The molecule has 0 bridgehead atoms. The minimum Gasteiger partial charge on any atom is -0.497 e. The molecule has 148 valence electrons. The first-order chi connectivity index (χ1) is 14.0. The highest BCUT2D eigenvalue weighted by atomic mass is 35.5. The minimum atomic E-state index is -0.334. The summed E-state index contributed by atoms with van der Waals surface area (Å²) in [7, 11) is 3.23. The Morgan fingerprint density at radius 3 is 2.66 bits per heavy atom. The van der Waals surface area contributed by atoms with Gasteiger partial charge in [-0.2, -0.15) is 5.10 Å². The molecule has 0 N–H and O–H groups in total. The fourth-order valence-electron chi connectivity index (χ4n) is 3.59. The van der Waals surface area contributed by atoms with E-state index in [-0.39, 0.29) is 11.9 Å². The number of benzene rings is 2. The van der Waals surface area contributed by atoms with Crippen molar-refractivity contribution >= 4 is 34.1 Å². The zero-order valence-electron chi connectivity index (χ0n) is 16.3. The molecule has 0 saturated carbocycles. The van der Waals surface area contributed by atoms with E-state index in [1.807, 2.05) is 48.5 Å². The SMILES string of the molecule is COc1ccc2cc(C3CC(c4ccccc4OC)=NN3C(C)=O)c(Cl)nc2c1. The van der Waals surface area contributed by atoms with E-state index in [1.54, 1.807) is 14.2 Å². The van der Waals surface area contributed by atoms with Gasteiger partial charge in [-0.1, -0.05) is 23.7 Å². The molecule has 29 heavy (non-hydrogen) atoms. The van der Waals surface area contributed by atoms with Crippen molar-refractivity contribution in [1.82, 2.24) is 9.99 Å². The molecule has 1 amide bonds. The average Bonchev–Trinajstić information content (AvgIpc) is 3.18. The molecule has 1 aliphatic heterocycles. The maximum absolute atomic E-state index is 12.3. The van der Waals surface area contributed by atoms with Gasteiger partial charge in [0.15, 0.2) is 0 Å². The number of halogens is 1. The second kappa shape index (κ2) is 7.72. The lowest BCUT2D eigenvalue weighted by Crippen LogP contribution is -2.24. The highest BCUT2D eigenvalue weighted by molar-refractivity contribution is 6.30. The maximum atomic E-state index is 12.3. The van der Waals surface area contributed by atoms with Crippen LogP contribution in [0.4, 0.5) is 0 Å². The molecule has 1 atom stereocenters. The monoisotopic (exact) mass is 409 g/mol. The molecule has 2 aromatic carbocycles.